The van der Waals surface area contributed by atoms with Crippen LogP contribution in [0.1, 0.15) is 10.4 Å². The highest BCUT2D eigenvalue weighted by Gasteiger charge is 2.29. The zero-order valence-electron chi connectivity index (χ0n) is 14.2. The van der Waals surface area contributed by atoms with Crippen LogP contribution in [0, 0.1) is 5.82 Å². The summed E-state index contributed by atoms with van der Waals surface area (Å²) in [6.07, 6.45) is -2.92. The van der Waals surface area contributed by atoms with Gasteiger partial charge in [-0.2, -0.15) is 13.2 Å². The highest BCUT2D eigenvalue weighted by molar-refractivity contribution is 7.89. The van der Waals surface area contributed by atoms with E-state index in [1.165, 1.54) is 0 Å². The van der Waals surface area contributed by atoms with Crippen molar-refractivity contribution in [3.63, 3.8) is 0 Å². The number of ether oxygens (including phenoxy) is 2. The Labute approximate surface area is 171 Å². The Kier molecular flexibility index (Phi) is 6.81. The Morgan fingerprint density at radius 3 is 2.41 bits per heavy atom. The first-order valence-corrected chi connectivity index (χ1v) is 9.94. The van der Waals surface area contributed by atoms with Crippen LogP contribution < -0.4 is 14.2 Å². The van der Waals surface area contributed by atoms with E-state index in [1.54, 1.807) is 4.72 Å². The van der Waals surface area contributed by atoms with Crippen LogP contribution in [0.2, 0.25) is 10.0 Å². The van der Waals surface area contributed by atoms with Gasteiger partial charge in [0.25, 0.3) is 5.91 Å². The number of carbonyl (C=O) groups is 1. The van der Waals surface area contributed by atoms with Gasteiger partial charge in [0.15, 0.2) is 6.61 Å². The average Bonchev–Trinajstić information content (AvgIpc) is 2.54. The van der Waals surface area contributed by atoms with Crippen molar-refractivity contribution in [3.05, 3.63) is 45.8 Å². The van der Waals surface area contributed by atoms with Crippen LogP contribution in [0.3, 0.4) is 0 Å². The molecule has 1 amide bonds. The molecule has 1 aromatic heterocycles. The molecule has 0 unspecified atom stereocenters. The first-order chi connectivity index (χ1) is 13.2. The molecule has 0 spiro atoms. The molecule has 0 fully saturated rings. The zero-order chi connectivity index (χ0) is 22.0. The number of rotatable bonds is 6. The molecule has 0 bridgehead atoms. The van der Waals surface area contributed by atoms with E-state index in [9.17, 15) is 30.8 Å². The molecule has 0 saturated heterocycles. The van der Waals surface area contributed by atoms with Crippen molar-refractivity contribution in [1.82, 2.24) is 9.71 Å². The molecule has 158 valence electrons. The van der Waals surface area contributed by atoms with E-state index in [2.05, 4.69) is 9.72 Å². The second-order valence-electron chi connectivity index (χ2n) is 5.43. The summed E-state index contributed by atoms with van der Waals surface area (Å²) in [6.45, 7) is -1.60. The smallest absolute Gasteiger partial charge is 0.422 e. The Morgan fingerprint density at radius 2 is 1.86 bits per heavy atom. The largest absolute Gasteiger partial charge is 0.467 e. The molecule has 0 atom stereocenters. The quantitative estimate of drug-likeness (QED) is 0.634. The number of halogens is 6. The number of pyridine rings is 1. The predicted octanol–water partition coefficient (Wildman–Crippen LogP) is 3.95. The van der Waals surface area contributed by atoms with Gasteiger partial charge in [-0.05, 0) is 6.07 Å². The van der Waals surface area contributed by atoms with Crippen molar-refractivity contribution in [2.75, 3.05) is 12.9 Å². The van der Waals surface area contributed by atoms with E-state index in [0.29, 0.717) is 12.3 Å². The van der Waals surface area contributed by atoms with Crippen LogP contribution >= 0.6 is 23.2 Å². The SMILES string of the molecule is CS(=O)(=O)NC(=O)c1cc(Cl)c(Oc2cnc(OCC(F)(F)F)c(Cl)c2)cc1F. The molecule has 14 heteroatoms. The number of hydrogen-bond donors (Lipinski definition) is 1. The number of hydrogen-bond acceptors (Lipinski definition) is 6. The molecule has 0 saturated carbocycles. The van der Waals surface area contributed by atoms with Crippen molar-refractivity contribution in [1.29, 1.82) is 0 Å². The highest BCUT2D eigenvalue weighted by atomic mass is 35.5. The van der Waals surface area contributed by atoms with E-state index in [4.69, 9.17) is 27.9 Å². The number of aromatic nitrogens is 1. The van der Waals surface area contributed by atoms with E-state index >= 15 is 0 Å². The monoisotopic (exact) mass is 476 g/mol. The van der Waals surface area contributed by atoms with Crippen LogP contribution in [0.25, 0.3) is 0 Å². The third-order valence-electron chi connectivity index (χ3n) is 2.93. The molecule has 7 nitrogen and oxygen atoms in total. The summed E-state index contributed by atoms with van der Waals surface area (Å²) in [6, 6.07) is 2.60. The fraction of sp³-hybridized carbons (Fsp3) is 0.200. The van der Waals surface area contributed by atoms with Crippen LogP contribution in [0.4, 0.5) is 17.6 Å². The van der Waals surface area contributed by atoms with Crippen molar-refractivity contribution in [3.8, 4) is 17.4 Å². The molecule has 1 heterocycles. The molecular weight excluding hydrogens is 467 g/mol. The maximum Gasteiger partial charge on any atom is 0.422 e. The zero-order valence-corrected chi connectivity index (χ0v) is 16.5. The molecule has 0 aliphatic heterocycles. The normalized spacial score (nSPS) is 11.8. The van der Waals surface area contributed by atoms with Gasteiger partial charge in [0.2, 0.25) is 15.9 Å². The summed E-state index contributed by atoms with van der Waals surface area (Å²) in [7, 11) is -3.93. The predicted molar refractivity (Wildman–Crippen MR) is 94.6 cm³/mol. The van der Waals surface area contributed by atoms with Crippen molar-refractivity contribution in [2.45, 2.75) is 6.18 Å². The van der Waals surface area contributed by atoms with Gasteiger partial charge in [-0.25, -0.2) is 22.5 Å². The fourth-order valence-electron chi connectivity index (χ4n) is 1.85. The molecule has 29 heavy (non-hydrogen) atoms. The Hall–Kier alpha value is -2.31. The van der Waals surface area contributed by atoms with Gasteiger partial charge in [0, 0.05) is 12.1 Å². The van der Waals surface area contributed by atoms with Gasteiger partial charge in [-0.1, -0.05) is 23.2 Å². The second kappa shape index (κ2) is 8.59. The summed E-state index contributed by atoms with van der Waals surface area (Å²) in [5.41, 5.74) is -0.653. The van der Waals surface area contributed by atoms with E-state index < -0.39 is 46.0 Å². The third-order valence-corrected chi connectivity index (χ3v) is 4.05. The van der Waals surface area contributed by atoms with E-state index in [0.717, 1.165) is 18.3 Å². The van der Waals surface area contributed by atoms with Crippen molar-refractivity contribution in [2.24, 2.45) is 0 Å². The number of nitrogens with zero attached hydrogens (tertiary/aromatic N) is 1. The lowest BCUT2D eigenvalue weighted by molar-refractivity contribution is -0.154. The number of nitrogens with one attached hydrogen (secondary N) is 1. The minimum absolute atomic E-state index is 0.121. The van der Waals surface area contributed by atoms with Crippen molar-refractivity contribution >= 4 is 39.1 Å². The Balaban J connectivity index is 2.21. The van der Waals surface area contributed by atoms with E-state index in [1.807, 2.05) is 0 Å². The lowest BCUT2D eigenvalue weighted by Crippen LogP contribution is -2.30. The number of alkyl halides is 3. The number of benzene rings is 1. The number of sulfonamides is 1. The standard InChI is InChI=1S/C15H10Cl2F4N2O5S/c1-29(25,26)23-13(24)8-3-9(16)12(4-11(8)18)28-7-2-10(17)14(22-5-7)27-6-15(19,20)21/h2-5H,6H2,1H3,(H,23,24). The lowest BCUT2D eigenvalue weighted by Gasteiger charge is -2.12. The molecule has 0 radical (unpaired) electrons. The molecule has 2 aromatic rings. The molecule has 2 rings (SSSR count). The Morgan fingerprint density at radius 1 is 1.21 bits per heavy atom. The van der Waals surface area contributed by atoms with Crippen LogP contribution in [-0.4, -0.2) is 38.3 Å². The fourth-order valence-corrected chi connectivity index (χ4v) is 2.71. The maximum absolute atomic E-state index is 14.2. The minimum Gasteiger partial charge on any atom is -0.467 e. The van der Waals surface area contributed by atoms with Gasteiger partial charge in [0.05, 0.1) is 23.0 Å². The highest BCUT2D eigenvalue weighted by Crippen LogP contribution is 2.34. The van der Waals surface area contributed by atoms with Gasteiger partial charge in [-0.3, -0.25) is 4.79 Å². The number of amides is 1. The first kappa shape index (κ1) is 23.0. The molecule has 1 aromatic carbocycles. The molecule has 0 aliphatic carbocycles. The van der Waals surface area contributed by atoms with Gasteiger partial charge < -0.3 is 9.47 Å². The summed E-state index contributed by atoms with van der Waals surface area (Å²) in [5, 5.41) is -0.578. The molecule has 0 aliphatic rings. The van der Waals surface area contributed by atoms with Gasteiger partial charge >= 0.3 is 6.18 Å². The van der Waals surface area contributed by atoms with Gasteiger partial charge in [0.1, 0.15) is 22.3 Å². The summed E-state index contributed by atoms with van der Waals surface area (Å²) in [5.74, 6) is -3.30. The summed E-state index contributed by atoms with van der Waals surface area (Å²) in [4.78, 5) is 15.3. The van der Waals surface area contributed by atoms with Crippen LogP contribution in [0.5, 0.6) is 17.4 Å². The van der Waals surface area contributed by atoms with Crippen LogP contribution in [0.15, 0.2) is 24.4 Å². The average molecular weight is 477 g/mol. The van der Waals surface area contributed by atoms with E-state index in [-0.39, 0.29) is 21.5 Å². The second-order valence-corrected chi connectivity index (χ2v) is 7.99. The molecule has 1 N–H and O–H groups in total. The molecular formula is C15H10Cl2F4N2O5S. The first-order valence-electron chi connectivity index (χ1n) is 7.29. The Bertz CT molecular complexity index is 1050. The maximum atomic E-state index is 14.2. The third kappa shape index (κ3) is 6.91. The van der Waals surface area contributed by atoms with Crippen LogP contribution in [-0.2, 0) is 10.0 Å². The topological polar surface area (TPSA) is 94.6 Å². The number of carbonyl (C=O) groups excluding carboxylic acids is 1. The lowest BCUT2D eigenvalue weighted by atomic mass is 10.2. The van der Waals surface area contributed by atoms with Crippen molar-refractivity contribution < 1.29 is 40.2 Å². The van der Waals surface area contributed by atoms with Gasteiger partial charge in [-0.15, -0.1) is 0 Å². The summed E-state index contributed by atoms with van der Waals surface area (Å²) < 4.78 is 84.1. The summed E-state index contributed by atoms with van der Waals surface area (Å²) >= 11 is 11.7. The minimum atomic E-state index is -4.59.